The number of halogens is 1. The molecule has 4 rings (SSSR count). The Kier molecular flexibility index (Phi) is 6.49. The maximum absolute atomic E-state index is 13.3. The monoisotopic (exact) mass is 429 g/mol. The molecule has 1 aliphatic carbocycles. The summed E-state index contributed by atoms with van der Waals surface area (Å²) in [5.41, 5.74) is 3.47. The van der Waals surface area contributed by atoms with E-state index in [9.17, 15) is 4.79 Å². The van der Waals surface area contributed by atoms with Crippen LogP contribution in [-0.2, 0) is 22.4 Å². The molecule has 1 aliphatic heterocycles. The van der Waals surface area contributed by atoms with Crippen LogP contribution in [-0.4, -0.2) is 38.4 Å². The van der Waals surface area contributed by atoms with Crippen LogP contribution >= 0.6 is 11.6 Å². The Morgan fingerprint density at radius 2 is 2.03 bits per heavy atom. The van der Waals surface area contributed by atoms with E-state index in [1.165, 1.54) is 11.1 Å². The SMILES string of the molecule is COCOc1ccc(CC2CCN(C3CCCc4c(OC)cccc43)C2=O)c(Cl)c1. The number of carbonyl (C=O) groups excluding carboxylic acids is 1. The lowest BCUT2D eigenvalue weighted by Crippen LogP contribution is -2.34. The summed E-state index contributed by atoms with van der Waals surface area (Å²) in [4.78, 5) is 15.4. The molecule has 2 atom stereocenters. The van der Waals surface area contributed by atoms with Crippen molar-refractivity contribution in [1.29, 1.82) is 0 Å². The van der Waals surface area contributed by atoms with Crippen molar-refractivity contribution >= 4 is 17.5 Å². The van der Waals surface area contributed by atoms with E-state index in [0.717, 1.165) is 43.5 Å². The van der Waals surface area contributed by atoms with Crippen LogP contribution in [0.2, 0.25) is 5.02 Å². The minimum absolute atomic E-state index is 0.0378. The van der Waals surface area contributed by atoms with Gasteiger partial charge < -0.3 is 19.1 Å². The molecule has 0 N–H and O–H groups in total. The minimum atomic E-state index is -0.0378. The first-order valence-electron chi connectivity index (χ1n) is 10.5. The van der Waals surface area contributed by atoms with Crippen LogP contribution in [0, 0.1) is 5.92 Å². The molecule has 0 aromatic heterocycles. The molecule has 0 radical (unpaired) electrons. The van der Waals surface area contributed by atoms with Gasteiger partial charge in [-0.15, -0.1) is 0 Å². The average Bonchev–Trinajstić information content (AvgIpc) is 3.13. The van der Waals surface area contributed by atoms with E-state index in [2.05, 4.69) is 11.0 Å². The number of methoxy groups -OCH3 is 2. The van der Waals surface area contributed by atoms with Crippen molar-refractivity contribution in [3.8, 4) is 11.5 Å². The van der Waals surface area contributed by atoms with Gasteiger partial charge in [-0.1, -0.05) is 29.8 Å². The molecule has 0 spiro atoms. The third-order valence-corrected chi connectivity index (χ3v) is 6.57. The van der Waals surface area contributed by atoms with Crippen molar-refractivity contribution in [1.82, 2.24) is 4.90 Å². The second-order valence-corrected chi connectivity index (χ2v) is 8.37. The molecule has 30 heavy (non-hydrogen) atoms. The smallest absolute Gasteiger partial charge is 0.226 e. The van der Waals surface area contributed by atoms with Gasteiger partial charge in [0.05, 0.1) is 13.2 Å². The molecular formula is C24H28ClNO4. The molecule has 160 valence electrons. The predicted molar refractivity (Wildman–Crippen MR) is 116 cm³/mol. The first-order valence-corrected chi connectivity index (χ1v) is 10.9. The summed E-state index contributed by atoms with van der Waals surface area (Å²) in [6.07, 6.45) is 4.59. The lowest BCUT2D eigenvalue weighted by Gasteiger charge is -2.34. The quantitative estimate of drug-likeness (QED) is 0.593. The predicted octanol–water partition coefficient (Wildman–Crippen LogP) is 4.80. The van der Waals surface area contributed by atoms with Crippen LogP contribution in [0.3, 0.4) is 0 Å². The number of carbonyl (C=O) groups is 1. The first-order chi connectivity index (χ1) is 14.6. The maximum atomic E-state index is 13.3. The van der Waals surface area contributed by atoms with Crippen LogP contribution in [0.1, 0.15) is 42.0 Å². The molecule has 1 saturated heterocycles. The van der Waals surface area contributed by atoms with Gasteiger partial charge in [0.2, 0.25) is 5.91 Å². The Labute approximate surface area is 182 Å². The Balaban J connectivity index is 1.48. The van der Waals surface area contributed by atoms with E-state index < -0.39 is 0 Å². The largest absolute Gasteiger partial charge is 0.496 e. The summed E-state index contributed by atoms with van der Waals surface area (Å²) in [7, 11) is 3.29. The van der Waals surface area contributed by atoms with Crippen molar-refractivity contribution in [2.24, 2.45) is 5.92 Å². The summed E-state index contributed by atoms with van der Waals surface area (Å²) in [5, 5.41) is 0.627. The number of hydrogen-bond donors (Lipinski definition) is 0. The summed E-state index contributed by atoms with van der Waals surface area (Å²) >= 11 is 6.46. The van der Waals surface area contributed by atoms with Gasteiger partial charge >= 0.3 is 0 Å². The highest BCUT2D eigenvalue weighted by Crippen LogP contribution is 2.41. The fourth-order valence-electron chi connectivity index (χ4n) is 4.74. The summed E-state index contributed by atoms with van der Waals surface area (Å²) < 4.78 is 15.9. The number of fused-ring (bicyclic) bond motifs is 1. The zero-order valence-electron chi connectivity index (χ0n) is 17.5. The van der Waals surface area contributed by atoms with Crippen molar-refractivity contribution < 1.29 is 19.0 Å². The van der Waals surface area contributed by atoms with Crippen molar-refractivity contribution in [2.45, 2.75) is 38.1 Å². The van der Waals surface area contributed by atoms with Crippen molar-refractivity contribution in [3.05, 3.63) is 58.1 Å². The van der Waals surface area contributed by atoms with Crippen LogP contribution in [0.5, 0.6) is 11.5 Å². The van der Waals surface area contributed by atoms with Crippen LogP contribution in [0.15, 0.2) is 36.4 Å². The highest BCUT2D eigenvalue weighted by Gasteiger charge is 2.38. The molecule has 2 unspecified atom stereocenters. The molecular weight excluding hydrogens is 402 g/mol. The molecule has 6 heteroatoms. The van der Waals surface area contributed by atoms with Gasteiger partial charge in [0.1, 0.15) is 11.5 Å². The van der Waals surface area contributed by atoms with Gasteiger partial charge in [0.25, 0.3) is 0 Å². The molecule has 2 aromatic rings. The minimum Gasteiger partial charge on any atom is -0.496 e. The number of hydrogen-bond acceptors (Lipinski definition) is 4. The van der Waals surface area contributed by atoms with E-state index in [1.807, 2.05) is 24.3 Å². The van der Waals surface area contributed by atoms with Gasteiger partial charge in [-0.2, -0.15) is 0 Å². The number of ether oxygens (including phenoxy) is 3. The topological polar surface area (TPSA) is 48.0 Å². The molecule has 0 saturated carbocycles. The fraction of sp³-hybridized carbons (Fsp3) is 0.458. The van der Waals surface area contributed by atoms with Crippen molar-refractivity contribution in [3.63, 3.8) is 0 Å². The highest BCUT2D eigenvalue weighted by atomic mass is 35.5. The van der Waals surface area contributed by atoms with E-state index in [4.69, 9.17) is 25.8 Å². The highest BCUT2D eigenvalue weighted by molar-refractivity contribution is 6.31. The standard InChI is InChI=1S/C24H28ClNO4/c1-28-15-30-18-10-9-16(21(25)14-18)13-17-11-12-26(24(17)27)22-7-3-6-20-19(22)5-4-8-23(20)29-2/h4-5,8-10,14,17,22H,3,6-7,11-13,15H2,1-2H3. The summed E-state index contributed by atoms with van der Waals surface area (Å²) in [6.45, 7) is 0.969. The van der Waals surface area contributed by atoms with Gasteiger partial charge in [-0.3, -0.25) is 4.79 Å². The Hall–Kier alpha value is -2.24. The molecule has 0 bridgehead atoms. The lowest BCUT2D eigenvalue weighted by atomic mass is 9.86. The Morgan fingerprint density at radius 1 is 1.17 bits per heavy atom. The van der Waals surface area contributed by atoms with Gasteiger partial charge in [-0.05, 0) is 67.0 Å². The first kappa shape index (κ1) is 21.0. The molecule has 2 aliphatic rings. The van der Waals surface area contributed by atoms with Gasteiger partial charge in [0, 0.05) is 24.6 Å². The van der Waals surface area contributed by atoms with E-state index in [-0.39, 0.29) is 24.7 Å². The molecule has 5 nitrogen and oxygen atoms in total. The Bertz CT molecular complexity index is 916. The fourth-order valence-corrected chi connectivity index (χ4v) is 4.99. The van der Waals surface area contributed by atoms with E-state index >= 15 is 0 Å². The summed E-state index contributed by atoms with van der Waals surface area (Å²) in [5.74, 6) is 1.79. The second kappa shape index (κ2) is 9.27. The van der Waals surface area contributed by atoms with Crippen molar-refractivity contribution in [2.75, 3.05) is 27.6 Å². The third-order valence-electron chi connectivity index (χ3n) is 6.21. The lowest BCUT2D eigenvalue weighted by molar-refractivity contribution is -0.133. The van der Waals surface area contributed by atoms with E-state index in [1.54, 1.807) is 20.3 Å². The molecule has 2 aromatic carbocycles. The number of benzene rings is 2. The average molecular weight is 430 g/mol. The van der Waals surface area contributed by atoms with E-state index in [0.29, 0.717) is 17.2 Å². The van der Waals surface area contributed by atoms with Crippen LogP contribution in [0.25, 0.3) is 0 Å². The number of amides is 1. The third kappa shape index (κ3) is 4.14. The number of likely N-dealkylation sites (tertiary alicyclic amines) is 1. The number of rotatable bonds is 7. The molecule has 1 amide bonds. The Morgan fingerprint density at radius 3 is 2.80 bits per heavy atom. The second-order valence-electron chi connectivity index (χ2n) is 7.96. The van der Waals surface area contributed by atoms with Gasteiger partial charge in [0.15, 0.2) is 6.79 Å². The van der Waals surface area contributed by atoms with Crippen LogP contribution < -0.4 is 9.47 Å². The zero-order chi connectivity index (χ0) is 21.1. The molecule has 1 heterocycles. The van der Waals surface area contributed by atoms with Gasteiger partial charge in [-0.25, -0.2) is 0 Å². The zero-order valence-corrected chi connectivity index (χ0v) is 18.3. The molecule has 1 fully saturated rings. The normalized spacial score (nSPS) is 20.9. The summed E-state index contributed by atoms with van der Waals surface area (Å²) in [6, 6.07) is 11.9. The maximum Gasteiger partial charge on any atom is 0.226 e. The van der Waals surface area contributed by atoms with Crippen LogP contribution in [0.4, 0.5) is 0 Å². The number of nitrogens with zero attached hydrogens (tertiary/aromatic N) is 1.